The van der Waals surface area contributed by atoms with Gasteiger partial charge in [-0.1, -0.05) is 36.6 Å². The molecule has 1 saturated carbocycles. The van der Waals surface area contributed by atoms with Gasteiger partial charge in [-0.3, -0.25) is 19.3 Å². The Kier molecular flexibility index (Phi) is 8.22. The zero-order chi connectivity index (χ0) is 23.0. The van der Waals surface area contributed by atoms with Crippen molar-refractivity contribution in [3.63, 3.8) is 0 Å². The molecule has 2 aliphatic heterocycles. The van der Waals surface area contributed by atoms with Crippen molar-refractivity contribution in [2.24, 2.45) is 0 Å². The fourth-order valence-electron chi connectivity index (χ4n) is 4.65. The van der Waals surface area contributed by atoms with Gasteiger partial charge in [0.25, 0.3) is 5.91 Å². The summed E-state index contributed by atoms with van der Waals surface area (Å²) in [5, 5.41) is 14.6. The zero-order valence-corrected chi connectivity index (χ0v) is 22.0. The minimum absolute atomic E-state index is 0. The van der Waals surface area contributed by atoms with Gasteiger partial charge in [0.2, 0.25) is 5.91 Å². The average Bonchev–Trinajstić information content (AvgIpc) is 3.26. The van der Waals surface area contributed by atoms with Crippen LogP contribution in [0.1, 0.15) is 38.2 Å². The third-order valence-electron chi connectivity index (χ3n) is 6.27. The molecule has 0 aromatic heterocycles. The van der Waals surface area contributed by atoms with E-state index in [1.54, 1.807) is 12.1 Å². The number of hydrogen-bond donors (Lipinski definition) is 1. The smallest absolute Gasteiger partial charge is 0.543 e. The Hall–Kier alpha value is -1.52. The third-order valence-corrected chi connectivity index (χ3v) is 7.86. The Morgan fingerprint density at radius 3 is 2.45 bits per heavy atom. The summed E-state index contributed by atoms with van der Waals surface area (Å²) in [4.78, 5) is 50.2. The van der Waals surface area contributed by atoms with Crippen LogP contribution in [0, 0.1) is 0 Å². The molecule has 1 N–H and O–H groups in total. The SMILES string of the molecule is CC(=O)OCC1=C(C(=O)[O-])N2C(=O)C(NC(=O)C3(c4ccc(Cl)cc4)CCCC3)C2SC1.[Na+]. The first kappa shape index (κ1) is 26.1. The van der Waals surface area contributed by atoms with E-state index in [1.807, 2.05) is 12.1 Å². The van der Waals surface area contributed by atoms with E-state index in [0.717, 1.165) is 23.3 Å². The number of halogens is 1. The van der Waals surface area contributed by atoms with Gasteiger partial charge in [-0.25, -0.2) is 0 Å². The molecule has 2 atom stereocenters. The third kappa shape index (κ3) is 4.84. The van der Waals surface area contributed by atoms with Crippen LogP contribution in [0.5, 0.6) is 0 Å². The second kappa shape index (κ2) is 10.4. The summed E-state index contributed by atoms with van der Waals surface area (Å²) in [5.74, 6) is -2.56. The summed E-state index contributed by atoms with van der Waals surface area (Å²) >= 11 is 7.33. The fraction of sp³-hybridized carbons (Fsp3) is 0.455. The largest absolute Gasteiger partial charge is 1.00 e. The van der Waals surface area contributed by atoms with Gasteiger partial charge in [0.1, 0.15) is 18.0 Å². The van der Waals surface area contributed by atoms with Gasteiger partial charge in [0, 0.05) is 23.3 Å². The molecule has 170 valence electrons. The van der Waals surface area contributed by atoms with Gasteiger partial charge >= 0.3 is 35.5 Å². The minimum Gasteiger partial charge on any atom is -0.543 e. The Labute approximate surface area is 222 Å². The zero-order valence-electron chi connectivity index (χ0n) is 18.4. The monoisotopic (exact) mass is 500 g/mol. The number of thioether (sulfide) groups is 1. The van der Waals surface area contributed by atoms with E-state index < -0.39 is 34.7 Å². The van der Waals surface area contributed by atoms with Crippen LogP contribution in [0.3, 0.4) is 0 Å². The summed E-state index contributed by atoms with van der Waals surface area (Å²) in [7, 11) is 0. The summed E-state index contributed by atoms with van der Waals surface area (Å²) in [6, 6.07) is 6.35. The van der Waals surface area contributed by atoms with Crippen molar-refractivity contribution in [1.82, 2.24) is 10.2 Å². The number of amides is 2. The molecule has 0 spiro atoms. The quantitative estimate of drug-likeness (QED) is 0.276. The first-order valence-corrected chi connectivity index (χ1v) is 11.8. The van der Waals surface area contributed by atoms with E-state index in [2.05, 4.69) is 5.32 Å². The van der Waals surface area contributed by atoms with Crippen LogP contribution in [0.25, 0.3) is 0 Å². The van der Waals surface area contributed by atoms with Crippen LogP contribution >= 0.6 is 23.4 Å². The molecule has 8 nitrogen and oxygen atoms in total. The van der Waals surface area contributed by atoms with Crippen LogP contribution in [-0.4, -0.2) is 52.4 Å². The number of carbonyl (C=O) groups is 4. The van der Waals surface area contributed by atoms with Gasteiger partial charge in [-0.2, -0.15) is 0 Å². The number of nitrogens with zero attached hydrogens (tertiary/aromatic N) is 1. The summed E-state index contributed by atoms with van der Waals surface area (Å²) in [5.41, 5.74) is 0.139. The predicted octanol–water partition coefficient (Wildman–Crippen LogP) is -1.88. The van der Waals surface area contributed by atoms with Crippen LogP contribution in [-0.2, 0) is 29.3 Å². The first-order chi connectivity index (χ1) is 15.2. The normalized spacial score (nSPS) is 23.2. The molecule has 0 bridgehead atoms. The number of fused-ring (bicyclic) bond motifs is 1. The Balaban J connectivity index is 0.00000306. The second-order valence-corrected chi connectivity index (χ2v) is 9.72. The molecule has 0 radical (unpaired) electrons. The molecule has 3 aliphatic rings. The summed E-state index contributed by atoms with van der Waals surface area (Å²) in [6.45, 7) is 0.997. The van der Waals surface area contributed by atoms with Crippen molar-refractivity contribution < 1.29 is 58.6 Å². The van der Waals surface area contributed by atoms with Crippen LogP contribution < -0.4 is 40.0 Å². The van der Waals surface area contributed by atoms with E-state index in [4.69, 9.17) is 16.3 Å². The molecule has 4 rings (SSSR count). The van der Waals surface area contributed by atoms with Crippen molar-refractivity contribution in [3.05, 3.63) is 46.1 Å². The molecule has 1 aromatic rings. The maximum atomic E-state index is 13.4. The van der Waals surface area contributed by atoms with Crippen molar-refractivity contribution in [3.8, 4) is 0 Å². The van der Waals surface area contributed by atoms with Crippen LogP contribution in [0.4, 0.5) is 0 Å². The van der Waals surface area contributed by atoms with Crippen molar-refractivity contribution in [2.45, 2.75) is 49.4 Å². The minimum atomic E-state index is -1.51. The number of carboxylic acid groups (broad SMARTS) is 1. The number of nitrogens with one attached hydrogen (secondary N) is 1. The molecule has 2 heterocycles. The number of hydrogen-bond acceptors (Lipinski definition) is 7. The summed E-state index contributed by atoms with van der Waals surface area (Å²) in [6.07, 6.45) is 3.13. The maximum absolute atomic E-state index is 13.4. The Bertz CT molecular complexity index is 1010. The molecule has 2 unspecified atom stereocenters. The molecule has 1 aliphatic carbocycles. The number of rotatable bonds is 6. The predicted molar refractivity (Wildman–Crippen MR) is 115 cm³/mol. The molecule has 1 aromatic carbocycles. The van der Waals surface area contributed by atoms with Crippen LogP contribution in [0.15, 0.2) is 35.5 Å². The van der Waals surface area contributed by atoms with E-state index in [1.165, 1.54) is 18.7 Å². The van der Waals surface area contributed by atoms with Gasteiger partial charge in [-0.05, 0) is 30.5 Å². The fourth-order valence-corrected chi connectivity index (χ4v) is 6.10. The van der Waals surface area contributed by atoms with E-state index >= 15 is 0 Å². The van der Waals surface area contributed by atoms with E-state index in [0.29, 0.717) is 23.4 Å². The van der Waals surface area contributed by atoms with Crippen molar-refractivity contribution >= 4 is 47.1 Å². The van der Waals surface area contributed by atoms with Crippen LogP contribution in [0.2, 0.25) is 5.02 Å². The van der Waals surface area contributed by atoms with Crippen molar-refractivity contribution in [2.75, 3.05) is 12.4 Å². The number of β-lactam (4-membered cyclic amide) rings is 1. The van der Waals surface area contributed by atoms with Gasteiger partial charge < -0.3 is 20.0 Å². The molecule has 1 saturated heterocycles. The molecular formula is C22H22ClN2NaO6S. The second-order valence-electron chi connectivity index (χ2n) is 8.18. The maximum Gasteiger partial charge on any atom is 1.00 e. The van der Waals surface area contributed by atoms with E-state index in [-0.39, 0.29) is 53.5 Å². The van der Waals surface area contributed by atoms with Gasteiger partial charge in [-0.15, -0.1) is 11.8 Å². The average molecular weight is 501 g/mol. The van der Waals surface area contributed by atoms with E-state index in [9.17, 15) is 24.3 Å². The number of carboxylic acids is 1. The molecule has 2 amide bonds. The standard InChI is InChI=1S/C22H23ClN2O6S.Na/c1-12(26)31-10-13-11-32-19-16(18(27)25(19)17(13)20(28)29)24-21(30)22(8-2-3-9-22)14-4-6-15(23)7-5-14;/h4-7,16,19H,2-3,8-11H2,1H3,(H,24,30)(H,28,29);/q;+1/p-1. The number of benzene rings is 1. The van der Waals surface area contributed by atoms with Gasteiger partial charge in [0.05, 0.1) is 17.1 Å². The first-order valence-electron chi connectivity index (χ1n) is 10.3. The number of carbonyl (C=O) groups excluding carboxylic acids is 4. The summed E-state index contributed by atoms with van der Waals surface area (Å²) < 4.78 is 4.92. The van der Waals surface area contributed by atoms with Gasteiger partial charge in [0.15, 0.2) is 0 Å². The Morgan fingerprint density at radius 1 is 1.24 bits per heavy atom. The molecule has 11 heteroatoms. The van der Waals surface area contributed by atoms with Crippen molar-refractivity contribution in [1.29, 1.82) is 0 Å². The number of ether oxygens (including phenoxy) is 1. The molecular weight excluding hydrogens is 479 g/mol. The number of aliphatic carboxylic acids is 1. The molecule has 33 heavy (non-hydrogen) atoms. The topological polar surface area (TPSA) is 116 Å². The Morgan fingerprint density at radius 2 is 1.88 bits per heavy atom. The molecule has 2 fully saturated rings. The number of esters is 1.